The van der Waals surface area contributed by atoms with Crippen molar-refractivity contribution in [3.63, 3.8) is 0 Å². The fourth-order valence-electron chi connectivity index (χ4n) is 1.65. The molecule has 0 bridgehead atoms. The highest BCUT2D eigenvalue weighted by molar-refractivity contribution is 5.42. The minimum atomic E-state index is -0.391. The molecule has 13 heavy (non-hydrogen) atoms. The lowest BCUT2D eigenvalue weighted by Gasteiger charge is -2.07. The van der Waals surface area contributed by atoms with Crippen LogP contribution in [0.3, 0.4) is 0 Å². The minimum absolute atomic E-state index is 0.391. The first kappa shape index (κ1) is 8.57. The summed E-state index contributed by atoms with van der Waals surface area (Å²) in [5.74, 6) is 1.42. The van der Waals surface area contributed by atoms with Crippen LogP contribution in [0.4, 0.5) is 0 Å². The molecule has 2 nitrogen and oxygen atoms in total. The van der Waals surface area contributed by atoms with Gasteiger partial charge in [-0.1, -0.05) is 13.0 Å². The average molecular weight is 178 g/mol. The summed E-state index contributed by atoms with van der Waals surface area (Å²) in [6, 6.07) is 5.90. The van der Waals surface area contributed by atoms with Gasteiger partial charge in [0, 0.05) is 11.5 Å². The zero-order valence-electron chi connectivity index (χ0n) is 7.95. The van der Waals surface area contributed by atoms with Gasteiger partial charge in [-0.2, -0.15) is 0 Å². The van der Waals surface area contributed by atoms with Gasteiger partial charge >= 0.3 is 0 Å². The number of aliphatic hydroxyl groups excluding tert-OH is 1. The molecule has 0 amide bonds. The van der Waals surface area contributed by atoms with Crippen LogP contribution >= 0.6 is 0 Å². The summed E-state index contributed by atoms with van der Waals surface area (Å²) in [7, 11) is 0. The van der Waals surface area contributed by atoms with Gasteiger partial charge in [-0.15, -0.1) is 0 Å². The van der Waals surface area contributed by atoms with E-state index in [1.54, 1.807) is 6.92 Å². The van der Waals surface area contributed by atoms with Crippen LogP contribution in [-0.4, -0.2) is 11.7 Å². The van der Waals surface area contributed by atoms with E-state index in [0.717, 1.165) is 17.9 Å². The third-order valence-electron chi connectivity index (χ3n) is 2.54. The molecule has 70 valence electrons. The molecule has 0 saturated heterocycles. The molecule has 0 saturated carbocycles. The van der Waals surface area contributed by atoms with Crippen LogP contribution in [-0.2, 0) is 0 Å². The maximum absolute atomic E-state index is 9.40. The molecule has 2 heteroatoms. The van der Waals surface area contributed by atoms with Gasteiger partial charge in [-0.05, 0) is 24.6 Å². The van der Waals surface area contributed by atoms with Crippen LogP contribution in [0.2, 0.25) is 0 Å². The maximum Gasteiger partial charge on any atom is 0.122 e. The van der Waals surface area contributed by atoms with Crippen LogP contribution in [0.5, 0.6) is 5.75 Å². The smallest absolute Gasteiger partial charge is 0.122 e. The van der Waals surface area contributed by atoms with Gasteiger partial charge < -0.3 is 9.84 Å². The number of ether oxygens (including phenoxy) is 1. The SMILES string of the molecule is CC(O)c1ccc2c(c1)C(C)CO2. The van der Waals surface area contributed by atoms with Crippen LogP contribution in [0.15, 0.2) is 18.2 Å². The Morgan fingerprint density at radius 2 is 2.31 bits per heavy atom. The van der Waals surface area contributed by atoms with Crippen molar-refractivity contribution in [1.29, 1.82) is 0 Å². The van der Waals surface area contributed by atoms with Crippen LogP contribution < -0.4 is 4.74 Å². The lowest BCUT2D eigenvalue weighted by molar-refractivity contribution is 0.199. The van der Waals surface area contributed by atoms with Crippen molar-refractivity contribution in [3.8, 4) is 5.75 Å². The van der Waals surface area contributed by atoms with E-state index in [-0.39, 0.29) is 0 Å². The molecule has 0 radical (unpaired) electrons. The first-order chi connectivity index (χ1) is 6.18. The van der Waals surface area contributed by atoms with Gasteiger partial charge in [0.25, 0.3) is 0 Å². The molecule has 1 aromatic carbocycles. The molecular formula is C11H14O2. The van der Waals surface area contributed by atoms with Gasteiger partial charge in [0.2, 0.25) is 0 Å². The number of aliphatic hydroxyl groups is 1. The average Bonchev–Trinajstić information content (AvgIpc) is 2.47. The first-order valence-electron chi connectivity index (χ1n) is 4.63. The highest BCUT2D eigenvalue weighted by atomic mass is 16.5. The summed E-state index contributed by atoms with van der Waals surface area (Å²) in [4.78, 5) is 0. The van der Waals surface area contributed by atoms with Crippen molar-refractivity contribution in [2.45, 2.75) is 25.9 Å². The normalized spacial score (nSPS) is 22.2. The molecule has 1 aliphatic heterocycles. The summed E-state index contributed by atoms with van der Waals surface area (Å²) in [6.07, 6.45) is -0.391. The number of rotatable bonds is 1. The molecule has 0 aromatic heterocycles. The lowest BCUT2D eigenvalue weighted by atomic mass is 9.99. The topological polar surface area (TPSA) is 29.5 Å². The highest BCUT2D eigenvalue weighted by Crippen LogP contribution is 2.35. The van der Waals surface area contributed by atoms with Gasteiger partial charge in [0.15, 0.2) is 0 Å². The second kappa shape index (κ2) is 3.04. The zero-order chi connectivity index (χ0) is 9.42. The van der Waals surface area contributed by atoms with Crippen molar-refractivity contribution in [3.05, 3.63) is 29.3 Å². The number of hydrogen-bond acceptors (Lipinski definition) is 2. The zero-order valence-corrected chi connectivity index (χ0v) is 7.95. The predicted octanol–water partition coefficient (Wildman–Crippen LogP) is 2.24. The lowest BCUT2D eigenvalue weighted by Crippen LogP contribution is -1.95. The molecule has 1 aliphatic rings. The summed E-state index contributed by atoms with van der Waals surface area (Å²) in [5.41, 5.74) is 2.19. The molecule has 0 aliphatic carbocycles. The fourth-order valence-corrected chi connectivity index (χ4v) is 1.65. The molecule has 2 rings (SSSR count). The molecule has 1 aromatic rings. The van der Waals surface area contributed by atoms with Crippen molar-refractivity contribution >= 4 is 0 Å². The van der Waals surface area contributed by atoms with Crippen molar-refractivity contribution in [2.24, 2.45) is 0 Å². The standard InChI is InChI=1S/C11H14O2/c1-7-6-13-11-4-3-9(8(2)12)5-10(7)11/h3-5,7-8,12H,6H2,1-2H3. The molecule has 0 spiro atoms. The minimum Gasteiger partial charge on any atom is -0.493 e. The van der Waals surface area contributed by atoms with Crippen LogP contribution in [0.1, 0.15) is 37.0 Å². The van der Waals surface area contributed by atoms with Crippen LogP contribution in [0, 0.1) is 0 Å². The Balaban J connectivity index is 2.42. The first-order valence-corrected chi connectivity index (χ1v) is 4.63. The quantitative estimate of drug-likeness (QED) is 0.714. The monoisotopic (exact) mass is 178 g/mol. The number of hydrogen-bond donors (Lipinski definition) is 1. The Morgan fingerprint density at radius 1 is 1.54 bits per heavy atom. The van der Waals surface area contributed by atoms with E-state index in [1.807, 2.05) is 18.2 Å². The predicted molar refractivity (Wildman–Crippen MR) is 51.0 cm³/mol. The second-order valence-electron chi connectivity index (χ2n) is 3.69. The third-order valence-corrected chi connectivity index (χ3v) is 2.54. The summed E-state index contributed by atoms with van der Waals surface area (Å²) < 4.78 is 5.46. The highest BCUT2D eigenvalue weighted by Gasteiger charge is 2.20. The van der Waals surface area contributed by atoms with Crippen LogP contribution in [0.25, 0.3) is 0 Å². The van der Waals surface area contributed by atoms with Crippen molar-refractivity contribution in [2.75, 3.05) is 6.61 Å². The molecular weight excluding hydrogens is 164 g/mol. The molecule has 0 fully saturated rings. The molecule has 2 atom stereocenters. The fraction of sp³-hybridized carbons (Fsp3) is 0.455. The van der Waals surface area contributed by atoms with E-state index >= 15 is 0 Å². The molecule has 1 heterocycles. The number of fused-ring (bicyclic) bond motifs is 1. The molecule has 2 unspecified atom stereocenters. The van der Waals surface area contributed by atoms with E-state index in [0.29, 0.717) is 5.92 Å². The van der Waals surface area contributed by atoms with Gasteiger partial charge in [-0.25, -0.2) is 0 Å². The van der Waals surface area contributed by atoms with E-state index in [4.69, 9.17) is 4.74 Å². The van der Waals surface area contributed by atoms with E-state index in [2.05, 4.69) is 6.92 Å². The van der Waals surface area contributed by atoms with Crippen molar-refractivity contribution < 1.29 is 9.84 Å². The summed E-state index contributed by atoms with van der Waals surface area (Å²) in [6.45, 7) is 4.68. The largest absolute Gasteiger partial charge is 0.493 e. The summed E-state index contributed by atoms with van der Waals surface area (Å²) >= 11 is 0. The van der Waals surface area contributed by atoms with Gasteiger partial charge in [0.1, 0.15) is 5.75 Å². The Morgan fingerprint density at radius 3 is 3.00 bits per heavy atom. The van der Waals surface area contributed by atoms with E-state index in [9.17, 15) is 5.11 Å². The maximum atomic E-state index is 9.40. The third kappa shape index (κ3) is 1.42. The second-order valence-corrected chi connectivity index (χ2v) is 3.69. The molecule has 1 N–H and O–H groups in total. The van der Waals surface area contributed by atoms with Gasteiger partial charge in [0.05, 0.1) is 12.7 Å². The van der Waals surface area contributed by atoms with Crippen molar-refractivity contribution in [1.82, 2.24) is 0 Å². The Labute approximate surface area is 78.2 Å². The Bertz CT molecular complexity index is 318. The van der Waals surface area contributed by atoms with E-state index < -0.39 is 6.10 Å². The number of benzene rings is 1. The Hall–Kier alpha value is -1.02. The van der Waals surface area contributed by atoms with Gasteiger partial charge in [-0.3, -0.25) is 0 Å². The Kier molecular flexibility index (Phi) is 2.00. The van der Waals surface area contributed by atoms with E-state index in [1.165, 1.54) is 5.56 Å². The summed E-state index contributed by atoms with van der Waals surface area (Å²) in [5, 5.41) is 9.40.